The second-order valence-electron chi connectivity index (χ2n) is 6.10. The van der Waals surface area contributed by atoms with Gasteiger partial charge in [-0.25, -0.2) is 0 Å². The van der Waals surface area contributed by atoms with E-state index in [1.807, 2.05) is 0 Å². The summed E-state index contributed by atoms with van der Waals surface area (Å²) in [4.78, 5) is 36.8. The molecule has 0 aromatic heterocycles. The molecule has 25 heavy (non-hydrogen) atoms. The number of fused-ring (bicyclic) bond motifs is 1. The third-order valence-corrected chi connectivity index (χ3v) is 4.60. The monoisotopic (exact) mass is 352 g/mol. The number of allylic oxidation sites excluding steroid dienone is 2. The molecule has 0 radical (unpaired) electrons. The molecule has 2 aliphatic rings. The summed E-state index contributed by atoms with van der Waals surface area (Å²) in [6.07, 6.45) is 2.70. The van der Waals surface area contributed by atoms with Crippen molar-refractivity contribution in [3.05, 3.63) is 24.5 Å². The standard InChI is InChI=1S/C18H24O7/c1-5-22-16(20)18(17(21)23-6-2)9-11(3)13-7-8-24-14(15(13)18)10-25-12(4)19/h7-8,13-15H,3,5-6,9-10H2,1-2,4H3/t13-,14-,15+/m1/s1. The van der Waals surface area contributed by atoms with Crippen molar-refractivity contribution in [3.63, 3.8) is 0 Å². The van der Waals surface area contributed by atoms with Gasteiger partial charge in [0.15, 0.2) is 5.41 Å². The molecule has 138 valence electrons. The fourth-order valence-corrected chi connectivity index (χ4v) is 3.64. The zero-order valence-electron chi connectivity index (χ0n) is 14.8. The average molecular weight is 352 g/mol. The molecule has 0 saturated heterocycles. The van der Waals surface area contributed by atoms with Gasteiger partial charge in [-0.2, -0.15) is 0 Å². The molecule has 7 nitrogen and oxygen atoms in total. The molecular weight excluding hydrogens is 328 g/mol. The number of carbonyl (C=O) groups is 3. The van der Waals surface area contributed by atoms with E-state index in [1.54, 1.807) is 19.9 Å². The van der Waals surface area contributed by atoms with Crippen molar-refractivity contribution < 1.29 is 33.3 Å². The molecule has 1 saturated carbocycles. The Balaban J connectivity index is 2.46. The molecule has 3 atom stereocenters. The minimum Gasteiger partial charge on any atom is -0.494 e. The van der Waals surface area contributed by atoms with Gasteiger partial charge in [0.1, 0.15) is 12.7 Å². The van der Waals surface area contributed by atoms with Crippen molar-refractivity contribution in [1.82, 2.24) is 0 Å². The molecular formula is C18H24O7. The minimum atomic E-state index is -1.55. The predicted molar refractivity (Wildman–Crippen MR) is 87.1 cm³/mol. The van der Waals surface area contributed by atoms with E-state index in [1.165, 1.54) is 13.2 Å². The van der Waals surface area contributed by atoms with Gasteiger partial charge in [-0.05, 0) is 26.3 Å². The third-order valence-electron chi connectivity index (χ3n) is 4.60. The van der Waals surface area contributed by atoms with Crippen LogP contribution in [0.25, 0.3) is 0 Å². The molecule has 0 aromatic rings. The molecule has 1 fully saturated rings. The number of hydrogen-bond donors (Lipinski definition) is 0. The number of hydrogen-bond acceptors (Lipinski definition) is 7. The van der Waals surface area contributed by atoms with Crippen LogP contribution in [0, 0.1) is 17.3 Å². The summed E-state index contributed by atoms with van der Waals surface area (Å²) in [5, 5.41) is 0. The van der Waals surface area contributed by atoms with Gasteiger partial charge in [-0.1, -0.05) is 12.2 Å². The summed E-state index contributed by atoms with van der Waals surface area (Å²) in [7, 11) is 0. The molecule has 2 rings (SSSR count). The predicted octanol–water partition coefficient (Wildman–Crippen LogP) is 1.77. The van der Waals surface area contributed by atoms with Crippen molar-refractivity contribution in [2.75, 3.05) is 19.8 Å². The fraction of sp³-hybridized carbons (Fsp3) is 0.611. The van der Waals surface area contributed by atoms with Gasteiger partial charge in [0.05, 0.1) is 19.5 Å². The Morgan fingerprint density at radius 2 is 1.80 bits per heavy atom. The van der Waals surface area contributed by atoms with Crippen molar-refractivity contribution in [1.29, 1.82) is 0 Å². The third kappa shape index (κ3) is 3.41. The average Bonchev–Trinajstić information content (AvgIpc) is 2.88. The Hall–Kier alpha value is -2.31. The van der Waals surface area contributed by atoms with E-state index in [4.69, 9.17) is 18.9 Å². The van der Waals surface area contributed by atoms with E-state index in [9.17, 15) is 14.4 Å². The molecule has 0 bridgehead atoms. The van der Waals surface area contributed by atoms with Gasteiger partial charge in [0.2, 0.25) is 0 Å². The normalized spacial score (nSPS) is 26.4. The summed E-state index contributed by atoms with van der Waals surface area (Å²) < 4.78 is 21.1. The molecule has 7 heteroatoms. The first kappa shape index (κ1) is 19.0. The maximum atomic E-state index is 12.8. The molecule has 1 heterocycles. The molecule has 0 aromatic carbocycles. The van der Waals surface area contributed by atoms with Gasteiger partial charge in [0.25, 0.3) is 0 Å². The van der Waals surface area contributed by atoms with Gasteiger partial charge in [-0.3, -0.25) is 14.4 Å². The van der Waals surface area contributed by atoms with Crippen LogP contribution in [-0.2, 0) is 33.3 Å². The van der Waals surface area contributed by atoms with Gasteiger partial charge < -0.3 is 18.9 Å². The summed E-state index contributed by atoms with van der Waals surface area (Å²) >= 11 is 0. The van der Waals surface area contributed by atoms with Crippen LogP contribution in [0.3, 0.4) is 0 Å². The van der Waals surface area contributed by atoms with E-state index in [0.29, 0.717) is 0 Å². The summed E-state index contributed by atoms with van der Waals surface area (Å²) in [6.45, 7) is 8.84. The van der Waals surface area contributed by atoms with Gasteiger partial charge >= 0.3 is 17.9 Å². The number of carbonyl (C=O) groups excluding carboxylic acids is 3. The van der Waals surface area contributed by atoms with Crippen LogP contribution in [0.5, 0.6) is 0 Å². The van der Waals surface area contributed by atoms with Gasteiger partial charge in [0, 0.05) is 18.8 Å². The fourth-order valence-electron chi connectivity index (χ4n) is 3.64. The highest BCUT2D eigenvalue weighted by Crippen LogP contribution is 2.55. The Kier molecular flexibility index (Phi) is 5.87. The zero-order valence-corrected chi connectivity index (χ0v) is 14.8. The van der Waals surface area contributed by atoms with Crippen LogP contribution in [0.4, 0.5) is 0 Å². The first-order chi connectivity index (χ1) is 11.9. The first-order valence-corrected chi connectivity index (χ1v) is 8.36. The van der Waals surface area contributed by atoms with Crippen LogP contribution in [0.1, 0.15) is 27.2 Å². The Labute approximate surface area is 146 Å². The highest BCUT2D eigenvalue weighted by atomic mass is 16.6. The first-order valence-electron chi connectivity index (χ1n) is 8.36. The van der Waals surface area contributed by atoms with Crippen molar-refractivity contribution in [2.24, 2.45) is 17.3 Å². The second kappa shape index (κ2) is 7.72. The lowest BCUT2D eigenvalue weighted by atomic mass is 9.71. The number of rotatable bonds is 6. The Morgan fingerprint density at radius 1 is 1.20 bits per heavy atom. The maximum absolute atomic E-state index is 12.8. The molecule has 0 spiro atoms. The van der Waals surface area contributed by atoms with Crippen LogP contribution in [0.15, 0.2) is 24.5 Å². The van der Waals surface area contributed by atoms with E-state index in [-0.39, 0.29) is 32.2 Å². The zero-order chi connectivity index (χ0) is 18.6. The number of esters is 3. The SMILES string of the molecule is C=C1CC(C(=O)OCC)(C(=O)OCC)[C@H]2[C@@H]1C=CO[C@@H]2COC(C)=O. The van der Waals surface area contributed by atoms with Crippen LogP contribution < -0.4 is 0 Å². The lowest BCUT2D eigenvalue weighted by Crippen LogP contribution is -2.52. The largest absolute Gasteiger partial charge is 0.494 e. The Morgan fingerprint density at radius 3 is 2.32 bits per heavy atom. The number of ether oxygens (including phenoxy) is 4. The molecule has 0 amide bonds. The van der Waals surface area contributed by atoms with Crippen molar-refractivity contribution in [3.8, 4) is 0 Å². The van der Waals surface area contributed by atoms with E-state index < -0.39 is 35.3 Å². The molecule has 1 aliphatic heterocycles. The molecule has 1 aliphatic carbocycles. The summed E-state index contributed by atoms with van der Waals surface area (Å²) in [5.74, 6) is -2.65. The highest BCUT2D eigenvalue weighted by Gasteiger charge is 2.65. The van der Waals surface area contributed by atoms with Gasteiger partial charge in [-0.15, -0.1) is 0 Å². The lowest BCUT2D eigenvalue weighted by molar-refractivity contribution is -0.181. The molecule has 0 unspecified atom stereocenters. The highest BCUT2D eigenvalue weighted by molar-refractivity contribution is 6.02. The summed E-state index contributed by atoms with van der Waals surface area (Å²) in [5.41, 5.74) is -0.831. The quantitative estimate of drug-likeness (QED) is 0.311. The molecule has 0 N–H and O–H groups in total. The maximum Gasteiger partial charge on any atom is 0.324 e. The second-order valence-corrected chi connectivity index (χ2v) is 6.10. The van der Waals surface area contributed by atoms with Crippen LogP contribution in [-0.4, -0.2) is 43.8 Å². The Bertz CT molecular complexity index is 574. The van der Waals surface area contributed by atoms with E-state index in [0.717, 1.165) is 5.57 Å². The lowest BCUT2D eigenvalue weighted by Gasteiger charge is -2.38. The van der Waals surface area contributed by atoms with E-state index in [2.05, 4.69) is 6.58 Å². The van der Waals surface area contributed by atoms with Crippen LogP contribution >= 0.6 is 0 Å². The minimum absolute atomic E-state index is 0.0747. The summed E-state index contributed by atoms with van der Waals surface area (Å²) in [6, 6.07) is 0. The smallest absolute Gasteiger partial charge is 0.324 e. The van der Waals surface area contributed by atoms with Crippen molar-refractivity contribution >= 4 is 17.9 Å². The van der Waals surface area contributed by atoms with Crippen LogP contribution in [0.2, 0.25) is 0 Å². The van der Waals surface area contributed by atoms with E-state index >= 15 is 0 Å². The van der Waals surface area contributed by atoms with Crippen molar-refractivity contribution in [2.45, 2.75) is 33.3 Å². The topological polar surface area (TPSA) is 88.1 Å².